The van der Waals surface area contributed by atoms with E-state index in [4.69, 9.17) is 4.74 Å². The molecule has 0 N–H and O–H groups in total. The lowest BCUT2D eigenvalue weighted by Gasteiger charge is -2.24. The van der Waals surface area contributed by atoms with Crippen molar-refractivity contribution >= 4 is 16.5 Å². The average Bonchev–Trinajstić information content (AvgIpc) is 1.98. The standard InChI is InChI=1S/C10H23N2O.Al.2H/c1-10(2,3)13-9-7-11-6-8-12(4)5;;;/h6-9H2,1-5H3;;;/q-1;+1;;. The summed E-state index contributed by atoms with van der Waals surface area (Å²) in [4.78, 5) is 2.22. The molecule has 0 rings (SSSR count). The zero-order valence-corrected chi connectivity index (χ0v) is 12.6. The smallest absolute Gasteiger partial charge is 0.322 e. The molecule has 0 bridgehead atoms. The molecule has 0 amide bonds. The first kappa shape index (κ1) is 14.4. The summed E-state index contributed by atoms with van der Waals surface area (Å²) in [5.41, 5.74) is 0.00391. The van der Waals surface area contributed by atoms with Gasteiger partial charge in [0, 0.05) is 13.1 Å². The van der Waals surface area contributed by atoms with E-state index in [2.05, 4.69) is 43.6 Å². The SMILES string of the molecule is CN(C)CC[N]([AlH2])CCOC(C)(C)C. The van der Waals surface area contributed by atoms with Gasteiger partial charge < -0.3 is 13.5 Å². The fourth-order valence-electron chi connectivity index (χ4n) is 0.990. The third-order valence-corrected chi connectivity index (χ3v) is 2.83. The third-order valence-electron chi connectivity index (χ3n) is 1.94. The fraction of sp³-hybridized carbons (Fsp3) is 1.00. The van der Waals surface area contributed by atoms with Crippen LogP contribution in [0.5, 0.6) is 0 Å². The first-order valence-corrected chi connectivity index (χ1v) is 6.18. The Labute approximate surface area is 97.0 Å². The Morgan fingerprint density at radius 2 is 1.64 bits per heavy atom. The van der Waals surface area contributed by atoms with Crippen LogP contribution in [-0.4, -0.2) is 71.2 Å². The summed E-state index contributed by atoms with van der Waals surface area (Å²) in [6.07, 6.45) is 0. The van der Waals surface area contributed by atoms with Crippen molar-refractivity contribution in [3.05, 3.63) is 0 Å². The summed E-state index contributed by atoms with van der Waals surface area (Å²) in [5, 5.41) is 0. The molecule has 0 atom stereocenters. The van der Waals surface area contributed by atoms with Crippen LogP contribution in [0.2, 0.25) is 0 Å². The molecule has 0 spiro atoms. The Bertz CT molecular complexity index is 146. The van der Waals surface area contributed by atoms with Crippen LogP contribution < -0.4 is 0 Å². The van der Waals surface area contributed by atoms with Gasteiger partial charge in [-0.05, 0) is 41.4 Å². The van der Waals surface area contributed by atoms with Gasteiger partial charge in [0.2, 0.25) is 0 Å². The highest BCUT2D eigenvalue weighted by Crippen LogP contribution is 2.05. The van der Waals surface area contributed by atoms with Crippen molar-refractivity contribution in [1.29, 1.82) is 0 Å². The topological polar surface area (TPSA) is 15.7 Å². The molecule has 0 aliphatic heterocycles. The normalized spacial score (nSPS) is 12.8. The lowest BCUT2D eigenvalue weighted by Crippen LogP contribution is -2.33. The quantitative estimate of drug-likeness (QED) is 0.590. The van der Waals surface area contributed by atoms with Gasteiger partial charge >= 0.3 is 16.5 Å². The first-order valence-electron chi connectivity index (χ1n) is 5.28. The molecule has 0 heterocycles. The van der Waals surface area contributed by atoms with Gasteiger partial charge in [0.05, 0.1) is 12.2 Å². The predicted octanol–water partition coefficient (Wildman–Crippen LogP) is 0.213. The monoisotopic (exact) mass is 216 g/mol. The molecule has 0 unspecified atom stereocenters. The highest BCUT2D eigenvalue weighted by atomic mass is 27.1. The molecule has 4 heteroatoms. The zero-order chi connectivity index (χ0) is 11.2. The molecule has 0 aromatic heterocycles. The van der Waals surface area contributed by atoms with E-state index >= 15 is 0 Å². The van der Waals surface area contributed by atoms with E-state index in [9.17, 15) is 0 Å². The van der Waals surface area contributed by atoms with Crippen LogP contribution in [0.4, 0.5) is 0 Å². The Morgan fingerprint density at radius 3 is 2.07 bits per heavy atom. The maximum Gasteiger partial charge on any atom is 0.322 e. The van der Waals surface area contributed by atoms with Crippen molar-refractivity contribution in [2.45, 2.75) is 26.4 Å². The minimum absolute atomic E-state index is 0.00391. The number of likely N-dealkylation sites (N-methyl/N-ethyl adjacent to an activating group) is 1. The van der Waals surface area contributed by atoms with Gasteiger partial charge in [-0.1, -0.05) is 0 Å². The van der Waals surface area contributed by atoms with Crippen LogP contribution in [0.1, 0.15) is 20.8 Å². The van der Waals surface area contributed by atoms with E-state index in [1.165, 1.54) is 0 Å². The van der Waals surface area contributed by atoms with Crippen molar-refractivity contribution < 1.29 is 4.74 Å². The second-order valence-corrected chi connectivity index (χ2v) is 6.33. The van der Waals surface area contributed by atoms with Crippen LogP contribution in [0.25, 0.3) is 0 Å². The molecule has 0 aliphatic carbocycles. The molecule has 3 nitrogen and oxygen atoms in total. The Morgan fingerprint density at radius 1 is 1.07 bits per heavy atom. The van der Waals surface area contributed by atoms with Gasteiger partial charge in [-0.2, -0.15) is 0 Å². The van der Waals surface area contributed by atoms with Crippen molar-refractivity contribution in [1.82, 2.24) is 8.78 Å². The average molecular weight is 216 g/mol. The number of nitrogens with zero attached hydrogens (tertiary/aromatic N) is 2. The van der Waals surface area contributed by atoms with E-state index in [-0.39, 0.29) is 5.60 Å². The number of hydrogen-bond acceptors (Lipinski definition) is 3. The summed E-state index contributed by atoms with van der Waals surface area (Å²) < 4.78 is 8.11. The highest BCUT2D eigenvalue weighted by molar-refractivity contribution is 6.04. The minimum atomic E-state index is 0.00391. The van der Waals surface area contributed by atoms with Gasteiger partial charge in [0.1, 0.15) is 0 Å². The molecule has 0 aromatic carbocycles. The van der Waals surface area contributed by atoms with E-state index in [1.54, 1.807) is 0 Å². The van der Waals surface area contributed by atoms with Crippen molar-refractivity contribution in [2.75, 3.05) is 40.3 Å². The van der Waals surface area contributed by atoms with Crippen molar-refractivity contribution in [2.24, 2.45) is 0 Å². The molecule has 84 valence electrons. The zero-order valence-electron chi connectivity index (χ0n) is 10.6. The molecule has 0 fully saturated rings. The van der Waals surface area contributed by atoms with Crippen LogP contribution in [0.3, 0.4) is 0 Å². The molecule has 0 aliphatic rings. The molecule has 0 aromatic rings. The summed E-state index contributed by atoms with van der Waals surface area (Å²) in [6.45, 7) is 10.5. The highest BCUT2D eigenvalue weighted by Gasteiger charge is 2.09. The molecule has 14 heavy (non-hydrogen) atoms. The number of rotatable bonds is 6. The molecule has 0 saturated carbocycles. The largest absolute Gasteiger partial charge is 0.388 e. The Kier molecular flexibility index (Phi) is 7.02. The van der Waals surface area contributed by atoms with Crippen LogP contribution >= 0.6 is 0 Å². The minimum Gasteiger partial charge on any atom is -0.388 e. The second-order valence-electron chi connectivity index (χ2n) is 5.07. The number of hydrogen-bond donors (Lipinski definition) is 0. The lowest BCUT2D eigenvalue weighted by molar-refractivity contribution is -0.00665. The van der Waals surface area contributed by atoms with E-state index in [0.717, 1.165) is 42.8 Å². The van der Waals surface area contributed by atoms with Gasteiger partial charge in [0.25, 0.3) is 0 Å². The summed E-state index contributed by atoms with van der Waals surface area (Å²) in [5.74, 6) is 0. The Balaban J connectivity index is 3.40. The maximum absolute atomic E-state index is 5.67. The summed E-state index contributed by atoms with van der Waals surface area (Å²) in [7, 11) is 4.22. The van der Waals surface area contributed by atoms with Crippen molar-refractivity contribution in [3.8, 4) is 0 Å². The van der Waals surface area contributed by atoms with Crippen molar-refractivity contribution in [3.63, 3.8) is 0 Å². The molecule has 0 radical (unpaired) electrons. The van der Waals surface area contributed by atoms with E-state index in [1.807, 2.05) is 0 Å². The van der Waals surface area contributed by atoms with Crippen LogP contribution in [0.15, 0.2) is 0 Å². The molecular weight excluding hydrogens is 191 g/mol. The Hall–Kier alpha value is 0.412. The van der Waals surface area contributed by atoms with Gasteiger partial charge in [0.15, 0.2) is 0 Å². The van der Waals surface area contributed by atoms with Crippen LogP contribution in [-0.2, 0) is 4.74 Å². The fourth-order valence-corrected chi connectivity index (χ4v) is 1.37. The summed E-state index contributed by atoms with van der Waals surface area (Å²) >= 11 is 1.12. The molecule has 0 saturated heterocycles. The third kappa shape index (κ3) is 10.5. The number of ether oxygens (including phenoxy) is 1. The van der Waals surface area contributed by atoms with E-state index in [0.29, 0.717) is 0 Å². The first-order chi connectivity index (χ1) is 6.31. The molecular formula is C10H25AlN2O. The maximum atomic E-state index is 5.67. The summed E-state index contributed by atoms with van der Waals surface area (Å²) in [6, 6.07) is 0. The van der Waals surface area contributed by atoms with Gasteiger partial charge in [-0.25, -0.2) is 0 Å². The van der Waals surface area contributed by atoms with Gasteiger partial charge in [-0.3, -0.25) is 0 Å². The second kappa shape index (κ2) is 6.82. The lowest BCUT2D eigenvalue weighted by atomic mass is 10.2. The van der Waals surface area contributed by atoms with Crippen LogP contribution in [0, 0.1) is 0 Å². The van der Waals surface area contributed by atoms with E-state index < -0.39 is 0 Å². The predicted molar refractivity (Wildman–Crippen MR) is 64.4 cm³/mol. The van der Waals surface area contributed by atoms with Gasteiger partial charge in [-0.15, -0.1) is 0 Å².